The lowest BCUT2D eigenvalue weighted by atomic mass is 10.1. The van der Waals surface area contributed by atoms with Crippen LogP contribution in [0.1, 0.15) is 24.5 Å². The molecule has 0 aliphatic carbocycles. The van der Waals surface area contributed by atoms with Crippen LogP contribution in [0.3, 0.4) is 0 Å². The van der Waals surface area contributed by atoms with Crippen molar-refractivity contribution in [3.8, 4) is 5.75 Å². The highest BCUT2D eigenvalue weighted by atomic mass is 16.5. The number of hydrogen-bond acceptors (Lipinski definition) is 3. The number of nitrogens with two attached hydrogens (primary N) is 1. The maximum absolute atomic E-state index is 5.83. The monoisotopic (exact) mass is 223 g/mol. The zero-order valence-electron chi connectivity index (χ0n) is 10.4. The first-order valence-electron chi connectivity index (χ1n) is 5.72. The summed E-state index contributed by atoms with van der Waals surface area (Å²) < 4.78 is 11.0. The van der Waals surface area contributed by atoms with Gasteiger partial charge in [0.2, 0.25) is 0 Å². The summed E-state index contributed by atoms with van der Waals surface area (Å²) in [4.78, 5) is 0. The molecular weight excluding hydrogens is 202 g/mol. The Morgan fingerprint density at radius 1 is 1.06 bits per heavy atom. The number of anilines is 1. The van der Waals surface area contributed by atoms with Gasteiger partial charge in [-0.05, 0) is 31.4 Å². The Labute approximate surface area is 97.6 Å². The third-order valence-corrected chi connectivity index (χ3v) is 2.40. The van der Waals surface area contributed by atoms with Crippen molar-refractivity contribution in [1.82, 2.24) is 0 Å². The SMILES string of the molecule is CCCOCCOc1cc(N)c(C)cc1C. The molecule has 1 aromatic rings. The van der Waals surface area contributed by atoms with E-state index in [1.54, 1.807) is 0 Å². The van der Waals surface area contributed by atoms with Crippen LogP contribution in [0, 0.1) is 13.8 Å². The first-order valence-corrected chi connectivity index (χ1v) is 5.72. The predicted molar refractivity (Wildman–Crippen MR) is 66.9 cm³/mol. The molecule has 0 saturated carbocycles. The van der Waals surface area contributed by atoms with Crippen molar-refractivity contribution in [3.05, 3.63) is 23.3 Å². The van der Waals surface area contributed by atoms with Crippen LogP contribution in [0.5, 0.6) is 5.75 Å². The van der Waals surface area contributed by atoms with Crippen molar-refractivity contribution in [1.29, 1.82) is 0 Å². The van der Waals surface area contributed by atoms with Gasteiger partial charge in [-0.25, -0.2) is 0 Å². The van der Waals surface area contributed by atoms with Crippen LogP contribution >= 0.6 is 0 Å². The largest absolute Gasteiger partial charge is 0.491 e. The van der Waals surface area contributed by atoms with Gasteiger partial charge in [0.15, 0.2) is 0 Å². The molecule has 0 aromatic heterocycles. The zero-order valence-corrected chi connectivity index (χ0v) is 10.4. The van der Waals surface area contributed by atoms with Crippen LogP contribution in [-0.2, 0) is 4.74 Å². The summed E-state index contributed by atoms with van der Waals surface area (Å²) in [6.45, 7) is 8.10. The number of benzene rings is 1. The van der Waals surface area contributed by atoms with Gasteiger partial charge in [-0.2, -0.15) is 0 Å². The van der Waals surface area contributed by atoms with E-state index in [4.69, 9.17) is 15.2 Å². The van der Waals surface area contributed by atoms with E-state index in [-0.39, 0.29) is 0 Å². The van der Waals surface area contributed by atoms with E-state index in [9.17, 15) is 0 Å². The first-order chi connectivity index (χ1) is 7.65. The fourth-order valence-electron chi connectivity index (χ4n) is 1.46. The topological polar surface area (TPSA) is 44.5 Å². The Morgan fingerprint density at radius 2 is 1.81 bits per heavy atom. The van der Waals surface area contributed by atoms with Gasteiger partial charge in [0.05, 0.1) is 6.61 Å². The lowest BCUT2D eigenvalue weighted by Crippen LogP contribution is -2.08. The fraction of sp³-hybridized carbons (Fsp3) is 0.538. The highest BCUT2D eigenvalue weighted by Gasteiger charge is 2.03. The van der Waals surface area contributed by atoms with E-state index in [1.807, 2.05) is 26.0 Å². The average molecular weight is 223 g/mol. The number of rotatable bonds is 6. The molecular formula is C13H21NO2. The van der Waals surface area contributed by atoms with Crippen molar-refractivity contribution < 1.29 is 9.47 Å². The standard InChI is InChI=1S/C13H21NO2/c1-4-5-15-6-7-16-13-9-12(14)10(2)8-11(13)3/h8-9H,4-7,14H2,1-3H3. The van der Waals surface area contributed by atoms with Gasteiger partial charge >= 0.3 is 0 Å². The number of nitrogen functional groups attached to an aromatic ring is 1. The van der Waals surface area contributed by atoms with Crippen molar-refractivity contribution in [2.24, 2.45) is 0 Å². The highest BCUT2D eigenvalue weighted by Crippen LogP contribution is 2.24. The summed E-state index contributed by atoms with van der Waals surface area (Å²) in [6.07, 6.45) is 1.04. The summed E-state index contributed by atoms with van der Waals surface area (Å²) in [7, 11) is 0. The molecule has 1 rings (SSSR count). The van der Waals surface area contributed by atoms with Crippen LogP contribution in [-0.4, -0.2) is 19.8 Å². The second-order valence-electron chi connectivity index (χ2n) is 3.94. The molecule has 0 bridgehead atoms. The molecule has 0 aliphatic heterocycles. The van der Waals surface area contributed by atoms with E-state index in [0.29, 0.717) is 13.2 Å². The summed E-state index contributed by atoms with van der Waals surface area (Å²) in [5, 5.41) is 0. The van der Waals surface area contributed by atoms with Gasteiger partial charge in [-0.3, -0.25) is 0 Å². The molecule has 1 aromatic carbocycles. The molecule has 16 heavy (non-hydrogen) atoms. The molecule has 3 nitrogen and oxygen atoms in total. The van der Waals surface area contributed by atoms with Crippen LogP contribution in [0.4, 0.5) is 5.69 Å². The van der Waals surface area contributed by atoms with Gasteiger partial charge in [-0.1, -0.05) is 13.0 Å². The molecule has 0 heterocycles. The van der Waals surface area contributed by atoms with E-state index in [1.165, 1.54) is 0 Å². The molecule has 0 atom stereocenters. The second-order valence-corrected chi connectivity index (χ2v) is 3.94. The minimum absolute atomic E-state index is 0.573. The third kappa shape index (κ3) is 3.74. The fourth-order valence-corrected chi connectivity index (χ4v) is 1.46. The smallest absolute Gasteiger partial charge is 0.124 e. The third-order valence-electron chi connectivity index (χ3n) is 2.40. The Morgan fingerprint density at radius 3 is 2.50 bits per heavy atom. The summed E-state index contributed by atoms with van der Waals surface area (Å²) >= 11 is 0. The van der Waals surface area contributed by atoms with Crippen molar-refractivity contribution in [2.45, 2.75) is 27.2 Å². The number of ether oxygens (including phenoxy) is 2. The molecule has 90 valence electrons. The second kappa shape index (κ2) is 6.38. The van der Waals surface area contributed by atoms with Crippen LogP contribution in [0.25, 0.3) is 0 Å². The van der Waals surface area contributed by atoms with Crippen LogP contribution in [0.15, 0.2) is 12.1 Å². The summed E-state index contributed by atoms with van der Waals surface area (Å²) in [6, 6.07) is 3.92. The van der Waals surface area contributed by atoms with Crippen molar-refractivity contribution >= 4 is 5.69 Å². The Bertz CT molecular complexity index is 337. The average Bonchev–Trinajstić information content (AvgIpc) is 2.25. The molecule has 0 aliphatic rings. The molecule has 0 amide bonds. The summed E-state index contributed by atoms with van der Waals surface area (Å²) in [5.41, 5.74) is 8.81. The predicted octanol–water partition coefficient (Wildman–Crippen LogP) is 2.69. The normalized spacial score (nSPS) is 10.4. The molecule has 0 fully saturated rings. The van der Waals surface area contributed by atoms with Crippen molar-refractivity contribution in [3.63, 3.8) is 0 Å². The maximum Gasteiger partial charge on any atom is 0.124 e. The van der Waals surface area contributed by atoms with Gasteiger partial charge in [0, 0.05) is 18.4 Å². The quantitative estimate of drug-likeness (QED) is 0.595. The van der Waals surface area contributed by atoms with Crippen LogP contribution < -0.4 is 10.5 Å². The zero-order chi connectivity index (χ0) is 12.0. The molecule has 0 unspecified atom stereocenters. The Balaban J connectivity index is 2.45. The highest BCUT2D eigenvalue weighted by molar-refractivity contribution is 5.54. The van der Waals surface area contributed by atoms with Gasteiger partial charge in [0.1, 0.15) is 12.4 Å². The molecule has 2 N–H and O–H groups in total. The number of aryl methyl sites for hydroxylation is 2. The Kier molecular flexibility index (Phi) is 5.12. The Hall–Kier alpha value is -1.22. The van der Waals surface area contributed by atoms with Gasteiger partial charge in [0.25, 0.3) is 0 Å². The van der Waals surface area contributed by atoms with E-state index in [2.05, 4.69) is 6.92 Å². The lowest BCUT2D eigenvalue weighted by molar-refractivity contribution is 0.100. The molecule has 0 saturated heterocycles. The molecule has 3 heteroatoms. The van der Waals surface area contributed by atoms with Gasteiger partial charge < -0.3 is 15.2 Å². The minimum Gasteiger partial charge on any atom is -0.491 e. The number of hydrogen-bond donors (Lipinski definition) is 1. The van der Waals surface area contributed by atoms with Crippen LogP contribution in [0.2, 0.25) is 0 Å². The minimum atomic E-state index is 0.573. The van der Waals surface area contributed by atoms with E-state index >= 15 is 0 Å². The first kappa shape index (κ1) is 12.8. The molecule has 0 radical (unpaired) electrons. The van der Waals surface area contributed by atoms with E-state index < -0.39 is 0 Å². The molecule has 0 spiro atoms. The van der Waals surface area contributed by atoms with Crippen molar-refractivity contribution in [2.75, 3.05) is 25.6 Å². The maximum atomic E-state index is 5.83. The summed E-state index contributed by atoms with van der Waals surface area (Å²) in [5.74, 6) is 0.850. The van der Waals surface area contributed by atoms with Gasteiger partial charge in [-0.15, -0.1) is 0 Å². The van der Waals surface area contributed by atoms with E-state index in [0.717, 1.165) is 35.6 Å². The lowest BCUT2D eigenvalue weighted by Gasteiger charge is -2.11.